The third-order valence-corrected chi connectivity index (χ3v) is 4.27. The van der Waals surface area contributed by atoms with Gasteiger partial charge in [-0.1, -0.05) is 26.3 Å². The molecule has 114 valence electrons. The molecule has 2 amide bonds. The van der Waals surface area contributed by atoms with Crippen molar-refractivity contribution in [2.75, 3.05) is 0 Å². The van der Waals surface area contributed by atoms with Crippen molar-refractivity contribution in [3.8, 4) is 0 Å². The van der Waals surface area contributed by atoms with Gasteiger partial charge in [0.15, 0.2) is 0 Å². The second kappa shape index (κ2) is 6.24. The topological polar surface area (TPSA) is 62.3 Å². The smallest absolute Gasteiger partial charge is 0.246 e. The molecule has 1 saturated heterocycles. The SMILES string of the molecule is CCCC1NC(=O)C(C)(CC)N(Cc2ccccn2)C1=O. The number of nitrogens with zero attached hydrogens (tertiary/aromatic N) is 2. The number of pyridine rings is 1. The molecule has 2 unspecified atom stereocenters. The average molecular weight is 289 g/mol. The Balaban J connectivity index is 2.30. The zero-order chi connectivity index (χ0) is 15.5. The molecule has 5 heteroatoms. The van der Waals surface area contributed by atoms with E-state index >= 15 is 0 Å². The molecule has 1 aliphatic heterocycles. The van der Waals surface area contributed by atoms with Crippen LogP contribution in [0.25, 0.3) is 0 Å². The molecular formula is C16H23N3O2. The van der Waals surface area contributed by atoms with E-state index in [1.807, 2.05) is 39.0 Å². The molecule has 0 saturated carbocycles. The normalized spacial score (nSPS) is 25.9. The molecule has 0 aromatic carbocycles. The van der Waals surface area contributed by atoms with Gasteiger partial charge in [0, 0.05) is 6.20 Å². The van der Waals surface area contributed by atoms with Crippen molar-refractivity contribution in [2.45, 2.75) is 58.2 Å². The van der Waals surface area contributed by atoms with Gasteiger partial charge in [-0.25, -0.2) is 0 Å². The molecule has 0 bridgehead atoms. The fourth-order valence-corrected chi connectivity index (χ4v) is 2.67. The number of rotatable bonds is 5. The largest absolute Gasteiger partial charge is 0.342 e. The maximum atomic E-state index is 12.7. The molecule has 1 aromatic heterocycles. The summed E-state index contributed by atoms with van der Waals surface area (Å²) in [4.78, 5) is 31.1. The lowest BCUT2D eigenvalue weighted by atomic mass is 9.89. The molecular weight excluding hydrogens is 266 g/mol. The van der Waals surface area contributed by atoms with Gasteiger partial charge in [-0.3, -0.25) is 14.6 Å². The van der Waals surface area contributed by atoms with Crippen LogP contribution in [0.3, 0.4) is 0 Å². The molecule has 2 atom stereocenters. The van der Waals surface area contributed by atoms with E-state index in [1.165, 1.54) is 0 Å². The molecule has 21 heavy (non-hydrogen) atoms. The lowest BCUT2D eigenvalue weighted by Crippen LogP contribution is -2.68. The van der Waals surface area contributed by atoms with Crippen molar-refractivity contribution in [1.82, 2.24) is 15.2 Å². The number of hydrogen-bond donors (Lipinski definition) is 1. The van der Waals surface area contributed by atoms with Gasteiger partial charge in [0.25, 0.3) is 0 Å². The maximum Gasteiger partial charge on any atom is 0.246 e. The van der Waals surface area contributed by atoms with Crippen LogP contribution in [-0.2, 0) is 16.1 Å². The van der Waals surface area contributed by atoms with Gasteiger partial charge in [0.05, 0.1) is 12.2 Å². The minimum Gasteiger partial charge on any atom is -0.342 e. The van der Waals surface area contributed by atoms with Crippen molar-refractivity contribution in [3.63, 3.8) is 0 Å². The van der Waals surface area contributed by atoms with Gasteiger partial charge in [-0.15, -0.1) is 0 Å². The number of hydrogen-bond acceptors (Lipinski definition) is 3. The van der Waals surface area contributed by atoms with Crippen LogP contribution < -0.4 is 5.32 Å². The monoisotopic (exact) mass is 289 g/mol. The lowest BCUT2D eigenvalue weighted by Gasteiger charge is -2.45. The quantitative estimate of drug-likeness (QED) is 0.900. The van der Waals surface area contributed by atoms with Crippen LogP contribution in [0.2, 0.25) is 0 Å². The second-order valence-corrected chi connectivity index (χ2v) is 5.69. The summed E-state index contributed by atoms with van der Waals surface area (Å²) in [5, 5.41) is 2.87. The minimum atomic E-state index is -0.807. The van der Waals surface area contributed by atoms with Crippen molar-refractivity contribution in [2.24, 2.45) is 0 Å². The minimum absolute atomic E-state index is 0.00791. The first-order valence-corrected chi connectivity index (χ1v) is 7.55. The average Bonchev–Trinajstić information content (AvgIpc) is 2.50. The summed E-state index contributed by atoms with van der Waals surface area (Å²) in [6, 6.07) is 5.20. The van der Waals surface area contributed by atoms with E-state index < -0.39 is 11.6 Å². The maximum absolute atomic E-state index is 12.7. The fourth-order valence-electron chi connectivity index (χ4n) is 2.67. The van der Waals surface area contributed by atoms with Gasteiger partial charge >= 0.3 is 0 Å². The summed E-state index contributed by atoms with van der Waals surface area (Å²) in [7, 11) is 0. The molecule has 1 aliphatic rings. The highest BCUT2D eigenvalue weighted by Crippen LogP contribution is 2.27. The highest BCUT2D eigenvalue weighted by atomic mass is 16.2. The lowest BCUT2D eigenvalue weighted by molar-refractivity contribution is -0.157. The van der Waals surface area contributed by atoms with Gasteiger partial charge in [0.1, 0.15) is 11.6 Å². The van der Waals surface area contributed by atoms with Crippen LogP contribution in [0.1, 0.15) is 45.7 Å². The van der Waals surface area contributed by atoms with Crippen LogP contribution in [0, 0.1) is 0 Å². The van der Waals surface area contributed by atoms with E-state index in [-0.39, 0.29) is 11.8 Å². The first kappa shape index (κ1) is 15.5. The number of aromatic nitrogens is 1. The summed E-state index contributed by atoms with van der Waals surface area (Å²) in [5.74, 6) is -0.0783. The number of amides is 2. The van der Waals surface area contributed by atoms with Crippen LogP contribution in [0.5, 0.6) is 0 Å². The third kappa shape index (κ3) is 2.91. The highest BCUT2D eigenvalue weighted by molar-refractivity contribution is 5.99. The number of carbonyl (C=O) groups is 2. The number of piperazine rings is 1. The van der Waals surface area contributed by atoms with E-state index in [9.17, 15) is 9.59 Å². The highest BCUT2D eigenvalue weighted by Gasteiger charge is 2.47. The molecule has 1 fully saturated rings. The summed E-state index contributed by atoms with van der Waals surface area (Å²) in [6.07, 6.45) is 3.81. The van der Waals surface area contributed by atoms with Crippen molar-refractivity contribution < 1.29 is 9.59 Å². The Hall–Kier alpha value is -1.91. The molecule has 0 spiro atoms. The number of nitrogens with one attached hydrogen (secondary N) is 1. The molecule has 0 radical (unpaired) electrons. The molecule has 0 aliphatic carbocycles. The molecule has 2 heterocycles. The van der Waals surface area contributed by atoms with Gasteiger partial charge in [-0.05, 0) is 31.9 Å². The summed E-state index contributed by atoms with van der Waals surface area (Å²) in [6.45, 7) is 6.14. The van der Waals surface area contributed by atoms with Crippen LogP contribution >= 0.6 is 0 Å². The Morgan fingerprint density at radius 1 is 1.33 bits per heavy atom. The van der Waals surface area contributed by atoms with Gasteiger partial charge < -0.3 is 10.2 Å². The number of carbonyl (C=O) groups excluding carboxylic acids is 2. The summed E-state index contributed by atoms with van der Waals surface area (Å²) < 4.78 is 0. The van der Waals surface area contributed by atoms with Crippen LogP contribution in [0.15, 0.2) is 24.4 Å². The predicted molar refractivity (Wildman–Crippen MR) is 80.3 cm³/mol. The molecule has 2 rings (SSSR count). The standard InChI is InChI=1S/C16H23N3O2/c1-4-8-13-14(20)19(11-12-9-6-7-10-17-12)16(3,5-2)15(21)18-13/h6-7,9-10,13H,4-5,8,11H2,1-3H3,(H,18,21). The van der Waals surface area contributed by atoms with E-state index in [1.54, 1.807) is 11.1 Å². The summed E-state index contributed by atoms with van der Waals surface area (Å²) >= 11 is 0. The van der Waals surface area contributed by atoms with E-state index in [0.717, 1.165) is 12.1 Å². The van der Waals surface area contributed by atoms with E-state index in [0.29, 0.717) is 19.4 Å². The molecule has 5 nitrogen and oxygen atoms in total. The van der Waals surface area contributed by atoms with Crippen LogP contribution in [-0.4, -0.2) is 33.3 Å². The van der Waals surface area contributed by atoms with E-state index in [2.05, 4.69) is 10.3 Å². The zero-order valence-electron chi connectivity index (χ0n) is 12.9. The van der Waals surface area contributed by atoms with Crippen LogP contribution in [0.4, 0.5) is 0 Å². The first-order chi connectivity index (χ1) is 10.0. The second-order valence-electron chi connectivity index (χ2n) is 5.69. The Morgan fingerprint density at radius 2 is 2.10 bits per heavy atom. The third-order valence-electron chi connectivity index (χ3n) is 4.27. The van der Waals surface area contributed by atoms with Gasteiger partial charge in [-0.2, -0.15) is 0 Å². The van der Waals surface area contributed by atoms with Crippen molar-refractivity contribution in [3.05, 3.63) is 30.1 Å². The molecule has 1 aromatic rings. The van der Waals surface area contributed by atoms with Crippen molar-refractivity contribution in [1.29, 1.82) is 0 Å². The van der Waals surface area contributed by atoms with Gasteiger partial charge in [0.2, 0.25) is 11.8 Å². The molecule has 1 N–H and O–H groups in total. The zero-order valence-corrected chi connectivity index (χ0v) is 12.9. The first-order valence-electron chi connectivity index (χ1n) is 7.55. The predicted octanol–water partition coefficient (Wildman–Crippen LogP) is 1.88. The Morgan fingerprint density at radius 3 is 2.67 bits per heavy atom. The Kier molecular flexibility index (Phi) is 4.60. The van der Waals surface area contributed by atoms with Crippen molar-refractivity contribution >= 4 is 11.8 Å². The van der Waals surface area contributed by atoms with E-state index in [4.69, 9.17) is 0 Å². The Labute approximate surface area is 125 Å². The fraction of sp³-hybridized carbons (Fsp3) is 0.562. The summed E-state index contributed by atoms with van der Waals surface area (Å²) in [5.41, 5.74) is -0.00534. The Bertz CT molecular complexity index is 518.